The van der Waals surface area contributed by atoms with E-state index in [9.17, 15) is 0 Å². The predicted octanol–water partition coefficient (Wildman–Crippen LogP) is 2.36. The fourth-order valence-corrected chi connectivity index (χ4v) is 3.87. The largest absolute Gasteiger partial charge is 0.378 e. The number of guanidine groups is 1. The number of fused-ring (bicyclic) bond motifs is 1. The van der Waals surface area contributed by atoms with Gasteiger partial charge >= 0.3 is 0 Å². The Balaban J connectivity index is 1.25. The molecule has 2 aliphatic rings. The molecular weight excluding hydrogens is 322 g/mol. The molecule has 0 radical (unpaired) electrons. The molecule has 3 heterocycles. The lowest BCUT2D eigenvalue weighted by Crippen LogP contribution is -2.46. The van der Waals surface area contributed by atoms with E-state index in [1.807, 2.05) is 18.6 Å². The summed E-state index contributed by atoms with van der Waals surface area (Å²) < 4.78 is 8.09. The lowest BCUT2D eigenvalue weighted by Gasteiger charge is -2.34. The maximum atomic E-state index is 6.02. The molecular formula is C17H25N5OS. The Morgan fingerprint density at radius 1 is 1.38 bits per heavy atom. The summed E-state index contributed by atoms with van der Waals surface area (Å²) in [6.45, 7) is 3.69. The number of aromatic nitrogens is 2. The van der Waals surface area contributed by atoms with Crippen LogP contribution >= 0.6 is 11.3 Å². The van der Waals surface area contributed by atoms with Crippen molar-refractivity contribution in [1.29, 1.82) is 0 Å². The first-order valence-electron chi connectivity index (χ1n) is 8.80. The molecule has 6 nitrogen and oxygen atoms in total. The normalized spacial score (nSPS) is 20.0. The van der Waals surface area contributed by atoms with Gasteiger partial charge in [-0.3, -0.25) is 9.39 Å². The Morgan fingerprint density at radius 3 is 2.92 bits per heavy atom. The van der Waals surface area contributed by atoms with Crippen LogP contribution in [0.5, 0.6) is 0 Å². The van der Waals surface area contributed by atoms with Gasteiger partial charge in [-0.15, -0.1) is 11.3 Å². The van der Waals surface area contributed by atoms with Crippen LogP contribution in [0.25, 0.3) is 4.96 Å². The first-order chi connectivity index (χ1) is 11.8. The number of likely N-dealkylation sites (tertiary alicyclic amines) is 1. The van der Waals surface area contributed by atoms with Crippen molar-refractivity contribution in [2.24, 2.45) is 10.9 Å². The lowest BCUT2D eigenvalue weighted by atomic mass is 10.1. The van der Waals surface area contributed by atoms with Crippen LogP contribution in [0.3, 0.4) is 0 Å². The molecule has 1 saturated carbocycles. The fraction of sp³-hybridized carbons (Fsp3) is 0.647. The molecule has 0 amide bonds. The van der Waals surface area contributed by atoms with Crippen molar-refractivity contribution in [3.8, 4) is 0 Å². The van der Waals surface area contributed by atoms with Gasteiger partial charge in [-0.25, -0.2) is 4.98 Å². The standard InChI is InChI=1S/C17H25N5OS/c1-18-16(19-10-14-11-22-8-9-24-17(22)20-14)21-6-4-15(5-7-21)23-12-13-2-3-13/h8-9,11,13,15H,2-7,10,12H2,1H3,(H,18,19). The summed E-state index contributed by atoms with van der Waals surface area (Å²) in [7, 11) is 1.85. The molecule has 2 aromatic heterocycles. The molecule has 24 heavy (non-hydrogen) atoms. The Hall–Kier alpha value is -1.60. The summed E-state index contributed by atoms with van der Waals surface area (Å²) in [5.41, 5.74) is 1.05. The highest BCUT2D eigenvalue weighted by atomic mass is 32.1. The number of nitrogens with one attached hydrogen (secondary N) is 1. The Labute approximate surface area is 146 Å². The number of hydrogen-bond acceptors (Lipinski definition) is 4. The average molecular weight is 347 g/mol. The molecule has 0 atom stereocenters. The third-order valence-electron chi connectivity index (χ3n) is 4.79. The summed E-state index contributed by atoms with van der Waals surface area (Å²) in [5, 5.41) is 5.49. The van der Waals surface area contributed by atoms with E-state index in [-0.39, 0.29) is 0 Å². The third-order valence-corrected chi connectivity index (χ3v) is 5.56. The zero-order chi connectivity index (χ0) is 16.4. The van der Waals surface area contributed by atoms with Crippen LogP contribution in [-0.2, 0) is 11.3 Å². The summed E-state index contributed by atoms with van der Waals surface area (Å²) in [6, 6.07) is 0. The quantitative estimate of drug-likeness (QED) is 0.666. The second-order valence-corrected chi connectivity index (χ2v) is 7.56. The van der Waals surface area contributed by atoms with Gasteiger partial charge in [-0.05, 0) is 31.6 Å². The molecule has 2 aromatic rings. The van der Waals surface area contributed by atoms with E-state index in [0.29, 0.717) is 12.6 Å². The van der Waals surface area contributed by atoms with E-state index in [1.165, 1.54) is 12.8 Å². The zero-order valence-corrected chi connectivity index (χ0v) is 15.0. The highest BCUT2D eigenvalue weighted by molar-refractivity contribution is 7.15. The number of ether oxygens (including phenoxy) is 1. The molecule has 4 rings (SSSR count). The molecule has 0 bridgehead atoms. The fourth-order valence-electron chi connectivity index (χ4n) is 3.15. The van der Waals surface area contributed by atoms with Gasteiger partial charge in [0, 0.05) is 44.5 Å². The maximum Gasteiger partial charge on any atom is 0.193 e. The van der Waals surface area contributed by atoms with E-state index in [2.05, 4.69) is 30.8 Å². The van der Waals surface area contributed by atoms with E-state index < -0.39 is 0 Å². The minimum atomic E-state index is 0.430. The SMILES string of the molecule is CN=C(NCc1cn2ccsc2n1)N1CCC(OCC2CC2)CC1. The Kier molecular flexibility index (Phi) is 4.71. The van der Waals surface area contributed by atoms with Crippen molar-refractivity contribution in [1.82, 2.24) is 19.6 Å². The van der Waals surface area contributed by atoms with Crippen molar-refractivity contribution in [2.75, 3.05) is 26.7 Å². The van der Waals surface area contributed by atoms with E-state index >= 15 is 0 Å². The van der Waals surface area contributed by atoms with Gasteiger partial charge < -0.3 is 15.0 Å². The minimum Gasteiger partial charge on any atom is -0.378 e. The minimum absolute atomic E-state index is 0.430. The first kappa shape index (κ1) is 15.9. The van der Waals surface area contributed by atoms with Gasteiger partial charge in [0.2, 0.25) is 0 Å². The summed E-state index contributed by atoms with van der Waals surface area (Å²) >= 11 is 1.66. The van der Waals surface area contributed by atoms with E-state index in [4.69, 9.17) is 4.74 Å². The number of thiazole rings is 1. The molecule has 2 fully saturated rings. The number of aliphatic imine (C=N–C) groups is 1. The van der Waals surface area contributed by atoms with Gasteiger partial charge in [0.25, 0.3) is 0 Å². The van der Waals surface area contributed by atoms with Gasteiger partial charge in [0.1, 0.15) is 0 Å². The number of piperidine rings is 1. The number of hydrogen-bond donors (Lipinski definition) is 1. The van der Waals surface area contributed by atoms with E-state index in [0.717, 1.165) is 55.1 Å². The van der Waals surface area contributed by atoms with E-state index in [1.54, 1.807) is 11.3 Å². The molecule has 1 N–H and O–H groups in total. The van der Waals surface area contributed by atoms with Crippen LogP contribution in [0.15, 0.2) is 22.8 Å². The Morgan fingerprint density at radius 2 is 2.21 bits per heavy atom. The number of rotatable bonds is 5. The van der Waals surface area contributed by atoms with Crippen molar-refractivity contribution < 1.29 is 4.74 Å². The maximum absolute atomic E-state index is 6.02. The molecule has 0 unspecified atom stereocenters. The second kappa shape index (κ2) is 7.11. The van der Waals surface area contributed by atoms with Crippen LogP contribution in [0, 0.1) is 5.92 Å². The van der Waals surface area contributed by atoms with Crippen LogP contribution in [0.2, 0.25) is 0 Å². The van der Waals surface area contributed by atoms with Crippen LogP contribution < -0.4 is 5.32 Å². The summed E-state index contributed by atoms with van der Waals surface area (Å²) in [4.78, 5) is 12.4. The molecule has 130 valence electrons. The molecule has 0 spiro atoms. The highest BCUT2D eigenvalue weighted by Crippen LogP contribution is 2.30. The topological polar surface area (TPSA) is 54.2 Å². The molecule has 0 aromatic carbocycles. The molecule has 1 aliphatic heterocycles. The van der Waals surface area contributed by atoms with Crippen LogP contribution in [0.1, 0.15) is 31.4 Å². The van der Waals surface area contributed by atoms with Crippen molar-refractivity contribution >= 4 is 22.3 Å². The third kappa shape index (κ3) is 3.72. The monoisotopic (exact) mass is 347 g/mol. The smallest absolute Gasteiger partial charge is 0.193 e. The van der Waals surface area contributed by atoms with Gasteiger partial charge in [-0.2, -0.15) is 0 Å². The molecule has 1 aliphatic carbocycles. The van der Waals surface area contributed by atoms with Crippen molar-refractivity contribution in [3.05, 3.63) is 23.5 Å². The van der Waals surface area contributed by atoms with Crippen LogP contribution in [-0.4, -0.2) is 53.1 Å². The highest BCUT2D eigenvalue weighted by Gasteiger charge is 2.26. The summed E-state index contributed by atoms with van der Waals surface area (Å²) in [5.74, 6) is 1.81. The van der Waals surface area contributed by atoms with Crippen molar-refractivity contribution in [2.45, 2.75) is 38.3 Å². The predicted molar refractivity (Wildman–Crippen MR) is 96.5 cm³/mol. The lowest BCUT2D eigenvalue weighted by molar-refractivity contribution is 0.0131. The molecule has 1 saturated heterocycles. The van der Waals surface area contributed by atoms with Gasteiger partial charge in [0.15, 0.2) is 10.9 Å². The Bertz CT molecular complexity index is 668. The number of imidazole rings is 1. The number of nitrogens with zero attached hydrogens (tertiary/aromatic N) is 4. The van der Waals surface area contributed by atoms with Gasteiger partial charge in [0.05, 0.1) is 18.3 Å². The van der Waals surface area contributed by atoms with Crippen LogP contribution in [0.4, 0.5) is 0 Å². The summed E-state index contributed by atoms with van der Waals surface area (Å²) in [6.07, 6.45) is 9.45. The first-order valence-corrected chi connectivity index (χ1v) is 9.68. The zero-order valence-electron chi connectivity index (χ0n) is 14.1. The second-order valence-electron chi connectivity index (χ2n) is 6.69. The molecule has 7 heteroatoms. The van der Waals surface area contributed by atoms with Gasteiger partial charge in [-0.1, -0.05) is 0 Å². The average Bonchev–Trinajstić information content (AvgIpc) is 3.20. The van der Waals surface area contributed by atoms with Crippen molar-refractivity contribution in [3.63, 3.8) is 0 Å².